The van der Waals surface area contributed by atoms with Gasteiger partial charge in [-0.15, -0.1) is 0 Å². The lowest BCUT2D eigenvalue weighted by Crippen LogP contribution is -2.49. The van der Waals surface area contributed by atoms with E-state index in [9.17, 15) is 0 Å². The summed E-state index contributed by atoms with van der Waals surface area (Å²) < 4.78 is 2.35. The normalized spacial score (nSPS) is 20.7. The van der Waals surface area contributed by atoms with Crippen molar-refractivity contribution in [1.29, 1.82) is 0 Å². The summed E-state index contributed by atoms with van der Waals surface area (Å²) in [4.78, 5) is 22.0. The Balaban J connectivity index is 1.12. The van der Waals surface area contributed by atoms with E-state index < -0.39 is 0 Å². The third-order valence-corrected chi connectivity index (χ3v) is 9.55. The molecule has 0 bridgehead atoms. The van der Waals surface area contributed by atoms with Gasteiger partial charge in [0.15, 0.2) is 0 Å². The van der Waals surface area contributed by atoms with Crippen molar-refractivity contribution in [3.05, 3.63) is 59.0 Å². The molecular formula is C30H33Cl2N9. The van der Waals surface area contributed by atoms with Crippen molar-refractivity contribution >= 4 is 62.7 Å². The number of rotatable bonds is 5. The van der Waals surface area contributed by atoms with Crippen molar-refractivity contribution < 1.29 is 0 Å². The minimum absolute atomic E-state index is 0.401. The number of aromatic nitrogens is 5. The van der Waals surface area contributed by atoms with Gasteiger partial charge in [0, 0.05) is 55.7 Å². The lowest BCUT2D eigenvalue weighted by atomic mass is 9.89. The number of hydrogen-bond acceptors (Lipinski definition) is 7. The SMILES string of the molecule is CN1CCN(C2CCC(n3cc(-c4ccc(Nc5nc6c(Cl)c(Cl)ccc6[nH]5)cc4)c4c(N)ncnc43)CC2)CC1. The number of anilines is 3. The second-order valence-electron chi connectivity index (χ2n) is 11.3. The van der Waals surface area contributed by atoms with Crippen LogP contribution in [0.15, 0.2) is 48.9 Å². The third-order valence-electron chi connectivity index (χ3n) is 8.76. The Labute approximate surface area is 248 Å². The van der Waals surface area contributed by atoms with Gasteiger partial charge in [-0.2, -0.15) is 0 Å². The van der Waals surface area contributed by atoms with Crippen molar-refractivity contribution in [2.45, 2.75) is 37.8 Å². The number of hydrogen-bond donors (Lipinski definition) is 3. The topological polar surface area (TPSA) is 104 Å². The first-order valence-electron chi connectivity index (χ1n) is 14.2. The fraction of sp³-hybridized carbons (Fsp3) is 0.367. The van der Waals surface area contributed by atoms with Crippen LogP contribution in [0.3, 0.4) is 0 Å². The molecule has 0 unspecified atom stereocenters. The van der Waals surface area contributed by atoms with Crippen LogP contribution in [0.25, 0.3) is 33.2 Å². The molecule has 4 N–H and O–H groups in total. The van der Waals surface area contributed by atoms with Crippen LogP contribution in [0.1, 0.15) is 31.7 Å². The highest BCUT2D eigenvalue weighted by Gasteiger charge is 2.30. The van der Waals surface area contributed by atoms with Crippen LogP contribution >= 0.6 is 23.2 Å². The molecule has 4 heterocycles. The average molecular weight is 591 g/mol. The summed E-state index contributed by atoms with van der Waals surface area (Å²) in [6.45, 7) is 4.68. The Morgan fingerprint density at radius 2 is 1.66 bits per heavy atom. The van der Waals surface area contributed by atoms with Gasteiger partial charge in [-0.25, -0.2) is 15.0 Å². The molecular weight excluding hydrogens is 557 g/mol. The zero-order chi connectivity index (χ0) is 28.1. The number of benzene rings is 2. The molecule has 9 nitrogen and oxygen atoms in total. The molecule has 41 heavy (non-hydrogen) atoms. The molecule has 2 aromatic carbocycles. The van der Waals surface area contributed by atoms with Crippen molar-refractivity contribution in [1.82, 2.24) is 34.3 Å². The predicted molar refractivity (Wildman–Crippen MR) is 167 cm³/mol. The molecule has 5 aromatic rings. The van der Waals surface area contributed by atoms with E-state index in [1.165, 1.54) is 25.9 Å². The Hall–Kier alpha value is -3.37. The van der Waals surface area contributed by atoms with Gasteiger partial charge in [-0.1, -0.05) is 35.3 Å². The molecule has 212 valence electrons. The van der Waals surface area contributed by atoms with E-state index in [0.29, 0.717) is 39.4 Å². The molecule has 1 saturated carbocycles. The maximum atomic E-state index is 6.44. The Morgan fingerprint density at radius 3 is 2.41 bits per heavy atom. The number of likely N-dealkylation sites (N-methyl/N-ethyl adjacent to an activating group) is 1. The van der Waals surface area contributed by atoms with Crippen molar-refractivity contribution in [2.75, 3.05) is 44.3 Å². The maximum Gasteiger partial charge on any atom is 0.205 e. The summed E-state index contributed by atoms with van der Waals surface area (Å²) >= 11 is 12.5. The predicted octanol–water partition coefficient (Wildman–Crippen LogP) is 6.34. The third kappa shape index (κ3) is 5.01. The minimum atomic E-state index is 0.401. The molecule has 0 atom stereocenters. The summed E-state index contributed by atoms with van der Waals surface area (Å²) in [5.74, 6) is 1.10. The highest BCUT2D eigenvalue weighted by atomic mass is 35.5. The summed E-state index contributed by atoms with van der Waals surface area (Å²) in [5.41, 5.74) is 11.8. The molecule has 7 rings (SSSR count). The van der Waals surface area contributed by atoms with Crippen LogP contribution in [0, 0.1) is 0 Å². The first-order chi connectivity index (χ1) is 19.9. The molecule has 0 spiro atoms. The Kier molecular flexibility index (Phi) is 6.98. The second-order valence-corrected chi connectivity index (χ2v) is 12.0. The summed E-state index contributed by atoms with van der Waals surface area (Å²) in [5, 5.41) is 5.16. The quantitative estimate of drug-likeness (QED) is 0.220. The minimum Gasteiger partial charge on any atom is -0.383 e. The Morgan fingerprint density at radius 1 is 0.927 bits per heavy atom. The highest BCUT2D eigenvalue weighted by Crippen LogP contribution is 2.39. The number of fused-ring (bicyclic) bond motifs is 2. The van der Waals surface area contributed by atoms with Gasteiger partial charge in [0.05, 0.1) is 20.9 Å². The molecule has 0 amide bonds. The van der Waals surface area contributed by atoms with E-state index >= 15 is 0 Å². The number of H-pyrrole nitrogens is 1. The van der Waals surface area contributed by atoms with Crippen LogP contribution in [-0.4, -0.2) is 73.6 Å². The van der Waals surface area contributed by atoms with Gasteiger partial charge >= 0.3 is 0 Å². The number of aromatic amines is 1. The lowest BCUT2D eigenvalue weighted by molar-refractivity contribution is 0.0828. The number of halogens is 2. The molecule has 2 aliphatic rings. The molecule has 1 aliphatic heterocycles. The molecule has 0 radical (unpaired) electrons. The maximum absolute atomic E-state index is 6.44. The fourth-order valence-electron chi connectivity index (χ4n) is 6.44. The van der Waals surface area contributed by atoms with Gasteiger partial charge in [0.2, 0.25) is 5.95 Å². The van der Waals surface area contributed by atoms with E-state index in [-0.39, 0.29) is 0 Å². The second kappa shape index (κ2) is 10.8. The van der Waals surface area contributed by atoms with Crippen molar-refractivity contribution in [3.63, 3.8) is 0 Å². The fourth-order valence-corrected chi connectivity index (χ4v) is 6.80. The van der Waals surface area contributed by atoms with E-state index in [2.05, 4.69) is 60.0 Å². The largest absolute Gasteiger partial charge is 0.383 e. The summed E-state index contributed by atoms with van der Waals surface area (Å²) in [6.07, 6.45) is 8.50. The van der Waals surface area contributed by atoms with Gasteiger partial charge in [0.1, 0.15) is 23.3 Å². The summed E-state index contributed by atoms with van der Waals surface area (Å²) in [6, 6.07) is 12.9. The standard InChI is InChI=1S/C30H33Cl2N9/c1-39-12-14-40(15-13-39)20-6-8-21(9-7-20)41-16-22(25-28(33)34-17-35-29(25)41)18-2-4-19(5-3-18)36-30-37-24-11-10-23(31)26(32)27(24)38-30/h2-5,10-11,16-17,20-21H,6-9,12-15H2,1H3,(H2,33,34,35)(H2,36,37,38). The van der Waals surface area contributed by atoms with E-state index in [0.717, 1.165) is 59.3 Å². The zero-order valence-electron chi connectivity index (χ0n) is 22.9. The van der Waals surface area contributed by atoms with Crippen molar-refractivity contribution in [2.24, 2.45) is 0 Å². The first-order valence-corrected chi connectivity index (χ1v) is 14.9. The molecule has 1 aliphatic carbocycles. The first kappa shape index (κ1) is 26.5. The monoisotopic (exact) mass is 589 g/mol. The lowest BCUT2D eigenvalue weighted by Gasteiger charge is -2.41. The number of nitrogens with zero attached hydrogens (tertiary/aromatic N) is 6. The van der Waals surface area contributed by atoms with Crippen LogP contribution < -0.4 is 11.1 Å². The Bertz CT molecular complexity index is 1700. The number of nitrogen functional groups attached to an aromatic ring is 1. The number of piperazine rings is 1. The van der Waals surface area contributed by atoms with Crippen LogP contribution in [-0.2, 0) is 0 Å². The average Bonchev–Trinajstić information content (AvgIpc) is 3.59. The van der Waals surface area contributed by atoms with Gasteiger partial charge in [-0.3, -0.25) is 4.90 Å². The molecule has 11 heteroatoms. The van der Waals surface area contributed by atoms with Crippen molar-refractivity contribution in [3.8, 4) is 11.1 Å². The molecule has 1 saturated heterocycles. The zero-order valence-corrected chi connectivity index (χ0v) is 24.5. The highest BCUT2D eigenvalue weighted by molar-refractivity contribution is 6.44. The summed E-state index contributed by atoms with van der Waals surface area (Å²) in [7, 11) is 2.22. The number of nitrogens with one attached hydrogen (secondary N) is 2. The number of imidazole rings is 1. The number of nitrogens with two attached hydrogens (primary N) is 1. The van der Waals surface area contributed by atoms with E-state index in [1.54, 1.807) is 12.4 Å². The van der Waals surface area contributed by atoms with Crippen LogP contribution in [0.4, 0.5) is 17.5 Å². The van der Waals surface area contributed by atoms with E-state index in [1.807, 2.05) is 18.2 Å². The van der Waals surface area contributed by atoms with Gasteiger partial charge in [0.25, 0.3) is 0 Å². The molecule has 2 fully saturated rings. The van der Waals surface area contributed by atoms with Gasteiger partial charge < -0.3 is 25.5 Å². The van der Waals surface area contributed by atoms with Crippen LogP contribution in [0.2, 0.25) is 10.0 Å². The molecule has 3 aromatic heterocycles. The van der Waals surface area contributed by atoms with Crippen LogP contribution in [0.5, 0.6) is 0 Å². The smallest absolute Gasteiger partial charge is 0.205 e. The van der Waals surface area contributed by atoms with Gasteiger partial charge in [-0.05, 0) is 62.6 Å². The van der Waals surface area contributed by atoms with E-state index in [4.69, 9.17) is 33.9 Å².